The molecule has 1 aliphatic heterocycles. The van der Waals surface area contributed by atoms with E-state index >= 15 is 0 Å². The summed E-state index contributed by atoms with van der Waals surface area (Å²) in [7, 11) is 3.92. The summed E-state index contributed by atoms with van der Waals surface area (Å²) in [6.45, 7) is 2.06. The second-order valence-electron chi connectivity index (χ2n) is 5.59. The summed E-state index contributed by atoms with van der Waals surface area (Å²) < 4.78 is 5.29. The number of benzene rings is 2. The van der Waals surface area contributed by atoms with E-state index in [1.54, 1.807) is 7.11 Å². The lowest BCUT2D eigenvalue weighted by atomic mass is 10.0. The van der Waals surface area contributed by atoms with Gasteiger partial charge in [0.1, 0.15) is 5.75 Å². The van der Waals surface area contributed by atoms with Crippen LogP contribution in [0.5, 0.6) is 5.75 Å². The quantitative estimate of drug-likeness (QED) is 0.827. The molecule has 1 aliphatic rings. The fourth-order valence-electron chi connectivity index (χ4n) is 2.90. The molecular formula is C18H21NOS. The van der Waals surface area contributed by atoms with Crippen LogP contribution in [0.3, 0.4) is 0 Å². The van der Waals surface area contributed by atoms with Crippen molar-refractivity contribution in [1.29, 1.82) is 0 Å². The van der Waals surface area contributed by atoms with Crippen LogP contribution in [0.2, 0.25) is 0 Å². The lowest BCUT2D eigenvalue weighted by Crippen LogP contribution is -2.24. The summed E-state index contributed by atoms with van der Waals surface area (Å²) in [6.07, 6.45) is 0. The minimum atomic E-state index is 0.641. The van der Waals surface area contributed by atoms with Gasteiger partial charge in [0.05, 0.1) is 7.11 Å². The van der Waals surface area contributed by atoms with Crippen molar-refractivity contribution in [3.8, 4) is 5.75 Å². The molecule has 0 fully saturated rings. The second-order valence-corrected chi connectivity index (χ2v) is 6.66. The molecule has 3 rings (SSSR count). The summed E-state index contributed by atoms with van der Waals surface area (Å²) in [4.78, 5) is 3.86. The first kappa shape index (κ1) is 14.5. The minimum absolute atomic E-state index is 0.641. The first-order chi connectivity index (χ1) is 10.3. The zero-order valence-electron chi connectivity index (χ0n) is 12.6. The van der Waals surface area contributed by atoms with E-state index in [0.29, 0.717) is 5.92 Å². The van der Waals surface area contributed by atoms with Crippen LogP contribution in [-0.2, 0) is 6.54 Å². The van der Waals surface area contributed by atoms with E-state index in [1.165, 1.54) is 21.8 Å². The maximum Gasteiger partial charge on any atom is 0.119 e. The minimum Gasteiger partial charge on any atom is -0.497 e. The number of ether oxygens (including phenoxy) is 1. The molecule has 0 N–H and O–H groups in total. The number of likely N-dealkylation sites (N-methyl/N-ethyl adjacent to an activating group) is 1. The molecule has 0 aromatic heterocycles. The molecule has 1 atom stereocenters. The van der Waals surface area contributed by atoms with E-state index in [4.69, 9.17) is 4.74 Å². The Morgan fingerprint density at radius 2 is 2.05 bits per heavy atom. The van der Waals surface area contributed by atoms with Crippen molar-refractivity contribution in [2.75, 3.05) is 26.5 Å². The second kappa shape index (κ2) is 6.54. The number of rotatable bonds is 5. The number of fused-ring (bicyclic) bond motifs is 1. The largest absolute Gasteiger partial charge is 0.497 e. The van der Waals surface area contributed by atoms with Crippen LogP contribution in [0.25, 0.3) is 0 Å². The van der Waals surface area contributed by atoms with Gasteiger partial charge in [0.15, 0.2) is 0 Å². The molecule has 0 bridgehead atoms. The molecule has 0 saturated heterocycles. The summed E-state index contributed by atoms with van der Waals surface area (Å²) in [6, 6.07) is 17.1. The number of hydrogen-bond acceptors (Lipinski definition) is 3. The van der Waals surface area contributed by atoms with Gasteiger partial charge in [-0.05, 0) is 36.4 Å². The van der Waals surface area contributed by atoms with Crippen molar-refractivity contribution >= 4 is 11.8 Å². The molecule has 1 heterocycles. The van der Waals surface area contributed by atoms with Crippen LogP contribution < -0.4 is 4.74 Å². The Kier molecular flexibility index (Phi) is 4.51. The van der Waals surface area contributed by atoms with Gasteiger partial charge in [0, 0.05) is 29.7 Å². The Morgan fingerprint density at radius 1 is 1.19 bits per heavy atom. The molecular weight excluding hydrogens is 278 g/mol. The van der Waals surface area contributed by atoms with E-state index in [2.05, 4.69) is 54.4 Å². The molecule has 0 radical (unpaired) electrons. The molecule has 0 amide bonds. The molecule has 0 saturated carbocycles. The fourth-order valence-corrected chi connectivity index (χ4v) is 4.15. The van der Waals surface area contributed by atoms with Crippen LogP contribution in [0.15, 0.2) is 53.4 Å². The molecule has 110 valence electrons. The van der Waals surface area contributed by atoms with Gasteiger partial charge < -0.3 is 9.64 Å². The van der Waals surface area contributed by atoms with Gasteiger partial charge in [-0.1, -0.05) is 30.3 Å². The third-order valence-corrected chi connectivity index (χ3v) is 5.17. The summed E-state index contributed by atoms with van der Waals surface area (Å²) in [5.41, 5.74) is 2.82. The van der Waals surface area contributed by atoms with E-state index in [-0.39, 0.29) is 0 Å². The number of hydrogen-bond donors (Lipinski definition) is 0. The van der Waals surface area contributed by atoms with Crippen LogP contribution in [0.1, 0.15) is 17.0 Å². The van der Waals surface area contributed by atoms with Gasteiger partial charge in [-0.2, -0.15) is 0 Å². The average molecular weight is 299 g/mol. The van der Waals surface area contributed by atoms with Gasteiger partial charge in [0.25, 0.3) is 0 Å². The van der Waals surface area contributed by atoms with Gasteiger partial charge in [-0.25, -0.2) is 0 Å². The molecule has 2 aromatic rings. The third-order valence-electron chi connectivity index (χ3n) is 3.92. The topological polar surface area (TPSA) is 12.5 Å². The fraction of sp³-hybridized carbons (Fsp3) is 0.333. The van der Waals surface area contributed by atoms with Crippen molar-refractivity contribution in [1.82, 2.24) is 4.90 Å². The first-order valence-electron chi connectivity index (χ1n) is 7.29. The van der Waals surface area contributed by atoms with Crippen molar-refractivity contribution in [2.24, 2.45) is 0 Å². The Balaban J connectivity index is 1.63. The summed E-state index contributed by atoms with van der Waals surface area (Å²) in [5.74, 6) is 2.77. The normalized spacial score (nSPS) is 17.0. The first-order valence-corrected chi connectivity index (χ1v) is 8.28. The molecule has 1 unspecified atom stereocenters. The highest BCUT2D eigenvalue weighted by Gasteiger charge is 2.23. The van der Waals surface area contributed by atoms with Gasteiger partial charge in [-0.15, -0.1) is 11.8 Å². The highest BCUT2D eigenvalue weighted by Crippen LogP contribution is 2.39. The lowest BCUT2D eigenvalue weighted by Gasteiger charge is -2.21. The molecule has 0 aliphatic carbocycles. The standard InChI is InChI=1S/C18H21NOS/c1-19(11-14-6-5-7-16(10-14)20-2)12-15-13-21-18-9-4-3-8-17(15)18/h3-10,15H,11-13H2,1-2H3. The number of thioether (sulfide) groups is 1. The highest BCUT2D eigenvalue weighted by atomic mass is 32.2. The average Bonchev–Trinajstić information content (AvgIpc) is 2.91. The maximum atomic E-state index is 5.29. The molecule has 21 heavy (non-hydrogen) atoms. The molecule has 3 heteroatoms. The van der Waals surface area contributed by atoms with Crippen molar-refractivity contribution in [3.05, 3.63) is 59.7 Å². The van der Waals surface area contributed by atoms with Crippen molar-refractivity contribution in [2.45, 2.75) is 17.4 Å². The van der Waals surface area contributed by atoms with Gasteiger partial charge in [0.2, 0.25) is 0 Å². The van der Waals surface area contributed by atoms with E-state index in [1.807, 2.05) is 17.8 Å². The van der Waals surface area contributed by atoms with E-state index in [9.17, 15) is 0 Å². The third kappa shape index (κ3) is 3.42. The molecule has 2 nitrogen and oxygen atoms in total. The van der Waals surface area contributed by atoms with Crippen molar-refractivity contribution < 1.29 is 4.74 Å². The lowest BCUT2D eigenvalue weighted by molar-refractivity contribution is 0.310. The Morgan fingerprint density at radius 3 is 2.90 bits per heavy atom. The van der Waals surface area contributed by atoms with Gasteiger partial charge in [-0.3, -0.25) is 0 Å². The predicted molar refractivity (Wildman–Crippen MR) is 89.2 cm³/mol. The Bertz CT molecular complexity index is 614. The number of nitrogens with zero attached hydrogens (tertiary/aromatic N) is 1. The van der Waals surface area contributed by atoms with Crippen LogP contribution in [-0.4, -0.2) is 31.4 Å². The molecule has 0 spiro atoms. The van der Waals surface area contributed by atoms with Crippen LogP contribution in [0.4, 0.5) is 0 Å². The maximum absolute atomic E-state index is 5.29. The summed E-state index contributed by atoms with van der Waals surface area (Å²) >= 11 is 1.98. The van der Waals surface area contributed by atoms with E-state index in [0.717, 1.165) is 18.8 Å². The zero-order valence-corrected chi connectivity index (χ0v) is 13.4. The summed E-state index contributed by atoms with van der Waals surface area (Å²) in [5, 5.41) is 0. The van der Waals surface area contributed by atoms with Gasteiger partial charge >= 0.3 is 0 Å². The SMILES string of the molecule is COc1cccc(CN(C)CC2CSc3ccccc32)c1. The predicted octanol–water partition coefficient (Wildman–Crippen LogP) is 4.02. The zero-order chi connectivity index (χ0) is 14.7. The Labute approximate surface area is 131 Å². The van der Waals surface area contributed by atoms with Crippen LogP contribution in [0, 0.1) is 0 Å². The highest BCUT2D eigenvalue weighted by molar-refractivity contribution is 7.99. The van der Waals surface area contributed by atoms with Crippen LogP contribution >= 0.6 is 11.8 Å². The van der Waals surface area contributed by atoms with Crippen molar-refractivity contribution in [3.63, 3.8) is 0 Å². The smallest absolute Gasteiger partial charge is 0.119 e. The monoisotopic (exact) mass is 299 g/mol. The number of methoxy groups -OCH3 is 1. The Hall–Kier alpha value is -1.45. The van der Waals surface area contributed by atoms with E-state index < -0.39 is 0 Å². The molecule has 2 aromatic carbocycles.